The van der Waals surface area contributed by atoms with E-state index in [2.05, 4.69) is 4.74 Å². The lowest BCUT2D eigenvalue weighted by molar-refractivity contribution is -0.147. The highest BCUT2D eigenvalue weighted by Crippen LogP contribution is 1.93. The van der Waals surface area contributed by atoms with Crippen LogP contribution in [0.4, 0.5) is 0 Å². The molecule has 0 aromatic carbocycles. The number of hydrogen-bond acceptors (Lipinski definition) is 4. The minimum atomic E-state index is -0.624. The lowest BCUT2D eigenvalue weighted by atomic mass is 10.3. The van der Waals surface area contributed by atoms with Crippen molar-refractivity contribution < 1.29 is 14.3 Å². The quantitative estimate of drug-likeness (QED) is 0.562. The fourth-order valence-corrected chi connectivity index (χ4v) is 0.763. The average Bonchev–Trinajstić information content (AvgIpc) is 2.00. The van der Waals surface area contributed by atoms with E-state index in [0.29, 0.717) is 6.42 Å². The summed E-state index contributed by atoms with van der Waals surface area (Å²) in [4.78, 5) is 23.1. The molecule has 5 heteroatoms. The third-order valence-corrected chi connectivity index (χ3v) is 1.36. The molecule has 0 aliphatic heterocycles. The predicted octanol–water partition coefficient (Wildman–Crippen LogP) is -0.643. The van der Waals surface area contributed by atoms with Crippen LogP contribution in [0, 0.1) is 0 Å². The first-order valence-corrected chi connectivity index (χ1v) is 4.11. The van der Waals surface area contributed by atoms with E-state index >= 15 is 0 Å². The summed E-state index contributed by atoms with van der Waals surface area (Å²) in [6.45, 7) is 0.506. The standard InChI is InChI=1S/C8H16N2O3/c1-10(2)5-3-4-8(12)13-6-7(9)11/h3-6H2,1-2H3,(H2,9,11). The Morgan fingerprint density at radius 2 is 2.00 bits per heavy atom. The first kappa shape index (κ1) is 11.9. The number of carbonyl (C=O) groups is 2. The van der Waals surface area contributed by atoms with Crippen molar-refractivity contribution in [2.24, 2.45) is 5.73 Å². The zero-order valence-electron chi connectivity index (χ0n) is 8.08. The van der Waals surface area contributed by atoms with Gasteiger partial charge in [-0.3, -0.25) is 9.59 Å². The van der Waals surface area contributed by atoms with Gasteiger partial charge in [0.05, 0.1) is 0 Å². The van der Waals surface area contributed by atoms with Crippen LogP contribution in [0.1, 0.15) is 12.8 Å². The van der Waals surface area contributed by atoms with Crippen molar-refractivity contribution in [3.05, 3.63) is 0 Å². The summed E-state index contributed by atoms with van der Waals surface area (Å²) >= 11 is 0. The first-order chi connectivity index (χ1) is 6.02. The van der Waals surface area contributed by atoms with Crippen LogP contribution in [-0.4, -0.2) is 44.0 Å². The fraction of sp³-hybridized carbons (Fsp3) is 0.750. The predicted molar refractivity (Wildman–Crippen MR) is 47.9 cm³/mol. The van der Waals surface area contributed by atoms with Crippen LogP contribution < -0.4 is 5.73 Å². The van der Waals surface area contributed by atoms with Gasteiger partial charge in [-0.25, -0.2) is 0 Å². The monoisotopic (exact) mass is 188 g/mol. The second-order valence-electron chi connectivity index (χ2n) is 3.03. The molecule has 5 nitrogen and oxygen atoms in total. The number of nitrogens with two attached hydrogens (primary N) is 1. The van der Waals surface area contributed by atoms with Gasteiger partial charge in [-0.15, -0.1) is 0 Å². The Kier molecular flexibility index (Phi) is 5.88. The molecule has 13 heavy (non-hydrogen) atoms. The van der Waals surface area contributed by atoms with Crippen molar-refractivity contribution in [3.63, 3.8) is 0 Å². The van der Waals surface area contributed by atoms with Gasteiger partial charge in [0.25, 0.3) is 5.91 Å². The highest BCUT2D eigenvalue weighted by Gasteiger charge is 2.04. The molecule has 1 amide bonds. The van der Waals surface area contributed by atoms with Crippen molar-refractivity contribution in [1.82, 2.24) is 4.90 Å². The summed E-state index contributed by atoms with van der Waals surface area (Å²) in [5.41, 5.74) is 4.79. The van der Waals surface area contributed by atoms with Crippen LogP contribution in [0.3, 0.4) is 0 Å². The van der Waals surface area contributed by atoms with Crippen molar-refractivity contribution in [1.29, 1.82) is 0 Å². The summed E-state index contributed by atoms with van der Waals surface area (Å²) in [6, 6.07) is 0. The maximum absolute atomic E-state index is 10.9. The number of carbonyl (C=O) groups excluding carboxylic acids is 2. The molecule has 0 bridgehead atoms. The molecule has 0 saturated heterocycles. The number of esters is 1. The number of rotatable bonds is 6. The molecule has 0 aromatic rings. The van der Waals surface area contributed by atoms with E-state index in [-0.39, 0.29) is 12.6 Å². The SMILES string of the molecule is CN(C)CCCC(=O)OCC(N)=O. The molecule has 0 radical (unpaired) electrons. The average molecular weight is 188 g/mol. The zero-order valence-corrected chi connectivity index (χ0v) is 8.08. The molecular weight excluding hydrogens is 172 g/mol. The van der Waals surface area contributed by atoms with Gasteiger partial charge in [0.15, 0.2) is 6.61 Å². The number of ether oxygens (including phenoxy) is 1. The van der Waals surface area contributed by atoms with E-state index in [4.69, 9.17) is 5.73 Å². The number of hydrogen-bond donors (Lipinski definition) is 1. The molecule has 0 aliphatic rings. The minimum Gasteiger partial charge on any atom is -0.456 e. The summed E-state index contributed by atoms with van der Waals surface area (Å²) in [5, 5.41) is 0. The topological polar surface area (TPSA) is 72.6 Å². The lowest BCUT2D eigenvalue weighted by Crippen LogP contribution is -2.21. The molecule has 0 spiro atoms. The van der Waals surface area contributed by atoms with E-state index in [9.17, 15) is 9.59 Å². The maximum atomic E-state index is 10.9. The smallest absolute Gasteiger partial charge is 0.306 e. The minimum absolute atomic E-state index is 0.319. The van der Waals surface area contributed by atoms with Gasteiger partial charge in [0.2, 0.25) is 0 Å². The van der Waals surface area contributed by atoms with Gasteiger partial charge in [-0.05, 0) is 27.1 Å². The molecule has 0 rings (SSSR count). The Balaban J connectivity index is 3.36. The van der Waals surface area contributed by atoms with E-state index in [1.165, 1.54) is 0 Å². The molecule has 76 valence electrons. The van der Waals surface area contributed by atoms with Crippen molar-refractivity contribution in [2.45, 2.75) is 12.8 Å². The Hall–Kier alpha value is -1.10. The van der Waals surface area contributed by atoms with Crippen molar-refractivity contribution >= 4 is 11.9 Å². The highest BCUT2D eigenvalue weighted by molar-refractivity contribution is 5.78. The van der Waals surface area contributed by atoms with E-state index in [0.717, 1.165) is 13.0 Å². The lowest BCUT2D eigenvalue weighted by Gasteiger charge is -2.08. The van der Waals surface area contributed by atoms with Gasteiger partial charge >= 0.3 is 5.97 Å². The summed E-state index contributed by atoms with van der Waals surface area (Å²) in [6.07, 6.45) is 1.05. The van der Waals surface area contributed by atoms with Crippen LogP contribution in [0.25, 0.3) is 0 Å². The van der Waals surface area contributed by atoms with Crippen LogP contribution in [0.5, 0.6) is 0 Å². The van der Waals surface area contributed by atoms with Crippen LogP contribution >= 0.6 is 0 Å². The van der Waals surface area contributed by atoms with Gasteiger partial charge in [-0.1, -0.05) is 0 Å². The summed E-state index contributed by atoms with van der Waals surface area (Å²) < 4.78 is 4.55. The summed E-state index contributed by atoms with van der Waals surface area (Å²) in [5.74, 6) is -0.999. The number of nitrogens with zero attached hydrogens (tertiary/aromatic N) is 1. The highest BCUT2D eigenvalue weighted by atomic mass is 16.5. The Morgan fingerprint density at radius 3 is 2.46 bits per heavy atom. The first-order valence-electron chi connectivity index (χ1n) is 4.11. The zero-order chi connectivity index (χ0) is 10.3. The number of primary amides is 1. The second-order valence-corrected chi connectivity index (χ2v) is 3.03. The van der Waals surface area contributed by atoms with E-state index in [1.54, 1.807) is 0 Å². The van der Waals surface area contributed by atoms with E-state index < -0.39 is 5.91 Å². The van der Waals surface area contributed by atoms with Gasteiger partial charge < -0.3 is 15.4 Å². The summed E-state index contributed by atoms with van der Waals surface area (Å²) in [7, 11) is 3.85. The third-order valence-electron chi connectivity index (χ3n) is 1.36. The molecule has 0 atom stereocenters. The van der Waals surface area contributed by atoms with Gasteiger partial charge in [0, 0.05) is 6.42 Å². The molecule has 0 aliphatic carbocycles. The Labute approximate surface area is 77.8 Å². The van der Waals surface area contributed by atoms with E-state index in [1.807, 2.05) is 19.0 Å². The third kappa shape index (κ3) is 8.81. The molecular formula is C8H16N2O3. The molecule has 2 N–H and O–H groups in total. The van der Waals surface area contributed by atoms with Crippen molar-refractivity contribution in [2.75, 3.05) is 27.2 Å². The van der Waals surface area contributed by atoms with Crippen LogP contribution in [0.2, 0.25) is 0 Å². The molecule has 0 saturated carbocycles. The number of amides is 1. The molecule has 0 heterocycles. The molecule has 0 unspecified atom stereocenters. The van der Waals surface area contributed by atoms with Crippen molar-refractivity contribution in [3.8, 4) is 0 Å². The van der Waals surface area contributed by atoms with Crippen LogP contribution in [-0.2, 0) is 14.3 Å². The largest absolute Gasteiger partial charge is 0.456 e. The maximum Gasteiger partial charge on any atom is 0.306 e. The van der Waals surface area contributed by atoms with Gasteiger partial charge in [-0.2, -0.15) is 0 Å². The molecule has 0 aromatic heterocycles. The second kappa shape index (κ2) is 6.42. The molecule has 0 fully saturated rings. The Morgan fingerprint density at radius 1 is 1.38 bits per heavy atom. The Bertz CT molecular complexity index is 180. The van der Waals surface area contributed by atoms with Gasteiger partial charge in [0.1, 0.15) is 0 Å². The van der Waals surface area contributed by atoms with Crippen LogP contribution in [0.15, 0.2) is 0 Å². The normalized spacial score (nSPS) is 10.1. The fourth-order valence-electron chi connectivity index (χ4n) is 0.763.